The molecule has 1 unspecified atom stereocenters. The molecule has 0 aliphatic carbocycles. The highest BCUT2D eigenvalue weighted by molar-refractivity contribution is 7.92. The van der Waals surface area contributed by atoms with Gasteiger partial charge in [-0.1, -0.05) is 63.2 Å². The zero-order valence-electron chi connectivity index (χ0n) is 17.5. The summed E-state index contributed by atoms with van der Waals surface area (Å²) in [5.41, 5.74) is 3.57. The van der Waals surface area contributed by atoms with Crippen molar-refractivity contribution < 1.29 is 13.2 Å². The van der Waals surface area contributed by atoms with Crippen molar-refractivity contribution in [3.8, 4) is 0 Å². The van der Waals surface area contributed by atoms with Gasteiger partial charge in [-0.05, 0) is 42.0 Å². The lowest BCUT2D eigenvalue weighted by molar-refractivity contribution is -0.120. The van der Waals surface area contributed by atoms with Crippen molar-refractivity contribution in [3.05, 3.63) is 65.2 Å². The van der Waals surface area contributed by atoms with Crippen LogP contribution in [0.3, 0.4) is 0 Å². The molecule has 0 fully saturated rings. The third-order valence-corrected chi connectivity index (χ3v) is 5.85. The van der Waals surface area contributed by atoms with Crippen LogP contribution < -0.4 is 9.62 Å². The molecule has 0 bridgehead atoms. The molecule has 0 aliphatic rings. The van der Waals surface area contributed by atoms with Crippen LogP contribution in [0.1, 0.15) is 50.4 Å². The third kappa shape index (κ3) is 5.58. The van der Waals surface area contributed by atoms with Crippen molar-refractivity contribution in [3.63, 3.8) is 0 Å². The van der Waals surface area contributed by atoms with Gasteiger partial charge < -0.3 is 5.32 Å². The minimum atomic E-state index is -3.59. The molecule has 0 spiro atoms. The molecule has 28 heavy (non-hydrogen) atoms. The fourth-order valence-corrected chi connectivity index (χ4v) is 3.91. The maximum Gasteiger partial charge on any atom is 0.241 e. The number of para-hydroxylation sites is 1. The average molecular weight is 403 g/mol. The monoisotopic (exact) mass is 402 g/mol. The van der Waals surface area contributed by atoms with E-state index >= 15 is 0 Å². The van der Waals surface area contributed by atoms with Crippen LogP contribution >= 0.6 is 0 Å². The average Bonchev–Trinajstić information content (AvgIpc) is 2.59. The lowest BCUT2D eigenvalue weighted by Gasteiger charge is -2.25. The van der Waals surface area contributed by atoms with E-state index < -0.39 is 10.0 Å². The first-order chi connectivity index (χ1) is 12.9. The van der Waals surface area contributed by atoms with Crippen molar-refractivity contribution in [1.82, 2.24) is 5.32 Å². The summed E-state index contributed by atoms with van der Waals surface area (Å²) in [5, 5.41) is 2.90. The first-order valence-corrected chi connectivity index (χ1v) is 11.2. The molecule has 2 aromatic carbocycles. The summed E-state index contributed by atoms with van der Waals surface area (Å²) in [4.78, 5) is 12.6. The molecule has 0 saturated heterocycles. The third-order valence-electron chi connectivity index (χ3n) is 4.73. The van der Waals surface area contributed by atoms with E-state index in [0.717, 1.165) is 21.7 Å². The molecule has 1 atom stereocenters. The number of carbonyl (C=O) groups is 1. The zero-order valence-corrected chi connectivity index (χ0v) is 18.3. The standard InChI is InChI=1S/C22H30N2O3S/c1-16-9-7-8-10-20(16)24(28(6,26)27)15-21(25)23-17(2)18-11-13-19(14-12-18)22(3,4)5/h7-14,17H,15H2,1-6H3,(H,23,25). The van der Waals surface area contributed by atoms with Crippen LogP contribution in [0.25, 0.3) is 0 Å². The van der Waals surface area contributed by atoms with E-state index in [1.54, 1.807) is 12.1 Å². The van der Waals surface area contributed by atoms with Crippen LogP contribution in [0.4, 0.5) is 5.69 Å². The first kappa shape index (κ1) is 22.0. The number of nitrogens with one attached hydrogen (secondary N) is 1. The van der Waals surface area contributed by atoms with Crippen LogP contribution in [-0.4, -0.2) is 27.1 Å². The number of nitrogens with zero attached hydrogens (tertiary/aromatic N) is 1. The van der Waals surface area contributed by atoms with Gasteiger partial charge in [0, 0.05) is 0 Å². The predicted molar refractivity (Wildman–Crippen MR) is 115 cm³/mol. The molecule has 5 nitrogen and oxygen atoms in total. The minimum absolute atomic E-state index is 0.0640. The number of rotatable bonds is 6. The summed E-state index contributed by atoms with van der Waals surface area (Å²) in [5.74, 6) is -0.346. The van der Waals surface area contributed by atoms with Gasteiger partial charge in [-0.15, -0.1) is 0 Å². The number of sulfonamides is 1. The van der Waals surface area contributed by atoms with Gasteiger partial charge >= 0.3 is 0 Å². The molecule has 0 saturated carbocycles. The Balaban J connectivity index is 2.13. The highest BCUT2D eigenvalue weighted by atomic mass is 32.2. The number of carbonyl (C=O) groups excluding carboxylic acids is 1. The normalized spacial score (nSPS) is 13.1. The highest BCUT2D eigenvalue weighted by Gasteiger charge is 2.23. The van der Waals surface area contributed by atoms with E-state index in [-0.39, 0.29) is 23.9 Å². The number of hydrogen-bond donors (Lipinski definition) is 1. The SMILES string of the molecule is Cc1ccccc1N(CC(=O)NC(C)c1ccc(C(C)(C)C)cc1)S(C)(=O)=O. The molecule has 152 valence electrons. The van der Waals surface area contributed by atoms with Gasteiger partial charge in [0.05, 0.1) is 18.0 Å². The summed E-state index contributed by atoms with van der Waals surface area (Å²) in [7, 11) is -3.59. The van der Waals surface area contributed by atoms with Gasteiger partial charge in [-0.3, -0.25) is 9.10 Å². The Labute approximate surface area is 168 Å². The van der Waals surface area contributed by atoms with Crippen molar-refractivity contribution in [2.75, 3.05) is 17.1 Å². The van der Waals surface area contributed by atoms with Gasteiger partial charge in [0.2, 0.25) is 15.9 Å². The smallest absolute Gasteiger partial charge is 0.241 e. The summed E-state index contributed by atoms with van der Waals surface area (Å²) in [6.07, 6.45) is 1.11. The second kappa shape index (κ2) is 8.35. The maximum absolute atomic E-state index is 12.6. The first-order valence-electron chi connectivity index (χ1n) is 9.33. The van der Waals surface area contributed by atoms with E-state index in [9.17, 15) is 13.2 Å². The predicted octanol–water partition coefficient (Wildman–Crippen LogP) is 3.94. The van der Waals surface area contributed by atoms with Crippen molar-refractivity contribution >= 4 is 21.6 Å². The summed E-state index contributed by atoms with van der Waals surface area (Å²) < 4.78 is 25.7. The van der Waals surface area contributed by atoms with Crippen LogP contribution in [0.5, 0.6) is 0 Å². The summed E-state index contributed by atoms with van der Waals surface area (Å²) >= 11 is 0. The Kier molecular flexibility index (Phi) is 6.55. The van der Waals surface area contributed by atoms with Crippen LogP contribution in [0.2, 0.25) is 0 Å². The van der Waals surface area contributed by atoms with E-state index in [0.29, 0.717) is 5.69 Å². The molecule has 2 aromatic rings. The zero-order chi connectivity index (χ0) is 21.1. The summed E-state index contributed by atoms with van der Waals surface area (Å²) in [6.45, 7) is 9.91. The maximum atomic E-state index is 12.6. The number of aryl methyl sites for hydroxylation is 1. The Hall–Kier alpha value is -2.34. The quantitative estimate of drug-likeness (QED) is 0.796. The lowest BCUT2D eigenvalue weighted by Crippen LogP contribution is -2.41. The fraction of sp³-hybridized carbons (Fsp3) is 0.409. The van der Waals surface area contributed by atoms with Gasteiger partial charge in [0.1, 0.15) is 6.54 Å². The van der Waals surface area contributed by atoms with Crippen LogP contribution in [0, 0.1) is 6.92 Å². The summed E-state index contributed by atoms with van der Waals surface area (Å²) in [6, 6.07) is 15.0. The number of hydrogen-bond acceptors (Lipinski definition) is 3. The Bertz CT molecular complexity index is 929. The largest absolute Gasteiger partial charge is 0.348 e. The molecule has 2 rings (SSSR count). The molecule has 6 heteroatoms. The number of amides is 1. The second-order valence-electron chi connectivity index (χ2n) is 8.22. The molecular weight excluding hydrogens is 372 g/mol. The number of anilines is 1. The Morgan fingerprint density at radius 1 is 1.07 bits per heavy atom. The fourth-order valence-electron chi connectivity index (χ4n) is 3.00. The van der Waals surface area contributed by atoms with E-state index in [4.69, 9.17) is 0 Å². The van der Waals surface area contributed by atoms with E-state index in [1.807, 2.05) is 38.1 Å². The topological polar surface area (TPSA) is 66.5 Å². The molecule has 1 amide bonds. The number of benzene rings is 2. The molecular formula is C22H30N2O3S. The molecule has 0 aliphatic heterocycles. The van der Waals surface area contributed by atoms with E-state index in [1.165, 1.54) is 5.56 Å². The van der Waals surface area contributed by atoms with Crippen LogP contribution in [0.15, 0.2) is 48.5 Å². The minimum Gasteiger partial charge on any atom is -0.348 e. The lowest BCUT2D eigenvalue weighted by atomic mass is 9.86. The van der Waals surface area contributed by atoms with Gasteiger partial charge in [0.25, 0.3) is 0 Å². The van der Waals surface area contributed by atoms with Gasteiger partial charge in [-0.2, -0.15) is 0 Å². The van der Waals surface area contributed by atoms with Gasteiger partial charge in [0.15, 0.2) is 0 Å². The van der Waals surface area contributed by atoms with Crippen molar-refractivity contribution in [2.24, 2.45) is 0 Å². The second-order valence-corrected chi connectivity index (χ2v) is 10.1. The molecule has 0 radical (unpaired) electrons. The van der Waals surface area contributed by atoms with Crippen molar-refractivity contribution in [1.29, 1.82) is 0 Å². The van der Waals surface area contributed by atoms with Crippen molar-refractivity contribution in [2.45, 2.75) is 46.1 Å². The molecule has 0 heterocycles. The van der Waals surface area contributed by atoms with Crippen LogP contribution in [-0.2, 0) is 20.2 Å². The Morgan fingerprint density at radius 2 is 1.64 bits per heavy atom. The van der Waals surface area contributed by atoms with E-state index in [2.05, 4.69) is 38.2 Å². The molecule has 0 aromatic heterocycles. The highest BCUT2D eigenvalue weighted by Crippen LogP contribution is 2.24. The molecule has 1 N–H and O–H groups in total. The van der Waals surface area contributed by atoms with Gasteiger partial charge in [-0.25, -0.2) is 8.42 Å². The Morgan fingerprint density at radius 3 is 2.14 bits per heavy atom.